The van der Waals surface area contributed by atoms with Crippen molar-refractivity contribution in [1.29, 1.82) is 0 Å². The zero-order chi connectivity index (χ0) is 10.7. The van der Waals surface area contributed by atoms with Crippen LogP contribution >= 0.6 is 15.9 Å². The van der Waals surface area contributed by atoms with Crippen LogP contribution in [0.3, 0.4) is 0 Å². The predicted molar refractivity (Wildman–Crippen MR) is 61.4 cm³/mol. The average molecular weight is 259 g/mol. The minimum absolute atomic E-state index is 0.0251. The van der Waals surface area contributed by atoms with E-state index in [4.69, 9.17) is 5.11 Å². The predicted octanol–water partition coefficient (Wildman–Crippen LogP) is 2.18. The number of rotatable bonds is 3. The number of anilines is 1. The fourth-order valence-corrected chi connectivity index (χ4v) is 1.74. The molecule has 78 valence electrons. The van der Waals surface area contributed by atoms with Crippen LogP contribution in [-0.4, -0.2) is 23.2 Å². The summed E-state index contributed by atoms with van der Waals surface area (Å²) in [6.07, 6.45) is 1.69. The smallest absolute Gasteiger partial charge is 0.142 e. The molecule has 0 amide bonds. The summed E-state index contributed by atoms with van der Waals surface area (Å²) in [5.41, 5.74) is 0.817. The Morgan fingerprint density at radius 3 is 2.64 bits per heavy atom. The highest BCUT2D eigenvalue weighted by molar-refractivity contribution is 9.10. The van der Waals surface area contributed by atoms with Crippen molar-refractivity contribution < 1.29 is 5.11 Å². The van der Waals surface area contributed by atoms with Crippen LogP contribution in [0.1, 0.15) is 19.4 Å². The Balaban J connectivity index is 2.99. The average Bonchev–Trinajstić information content (AvgIpc) is 2.16. The number of aliphatic hydroxyl groups excluding tert-OH is 1. The molecule has 1 N–H and O–H groups in total. The second-order valence-electron chi connectivity index (χ2n) is 3.51. The minimum atomic E-state index is 0.0251. The second kappa shape index (κ2) is 4.75. The molecule has 0 saturated heterocycles. The molecule has 1 aromatic heterocycles. The van der Waals surface area contributed by atoms with Crippen molar-refractivity contribution in [2.24, 2.45) is 0 Å². The molecule has 0 fully saturated rings. The van der Waals surface area contributed by atoms with E-state index in [1.807, 2.05) is 13.1 Å². The minimum Gasteiger partial charge on any atom is -0.392 e. The van der Waals surface area contributed by atoms with E-state index in [2.05, 4.69) is 39.7 Å². The first-order chi connectivity index (χ1) is 6.56. The van der Waals surface area contributed by atoms with Crippen LogP contribution in [0.15, 0.2) is 16.7 Å². The van der Waals surface area contributed by atoms with E-state index >= 15 is 0 Å². The van der Waals surface area contributed by atoms with Crippen molar-refractivity contribution in [2.45, 2.75) is 26.5 Å². The van der Waals surface area contributed by atoms with Gasteiger partial charge in [-0.2, -0.15) is 0 Å². The summed E-state index contributed by atoms with van der Waals surface area (Å²) >= 11 is 3.44. The zero-order valence-electron chi connectivity index (χ0n) is 8.66. The molecule has 4 heteroatoms. The SMILES string of the molecule is CC(C)N(C)c1ncc(CO)cc1Br. The van der Waals surface area contributed by atoms with E-state index in [0.717, 1.165) is 15.9 Å². The van der Waals surface area contributed by atoms with Gasteiger partial charge in [0.1, 0.15) is 5.82 Å². The molecule has 3 nitrogen and oxygen atoms in total. The maximum Gasteiger partial charge on any atom is 0.142 e. The Kier molecular flexibility index (Phi) is 3.89. The van der Waals surface area contributed by atoms with E-state index in [-0.39, 0.29) is 6.61 Å². The Hall–Kier alpha value is -0.610. The van der Waals surface area contributed by atoms with Crippen LogP contribution in [0.25, 0.3) is 0 Å². The first-order valence-corrected chi connectivity index (χ1v) is 5.33. The summed E-state index contributed by atoms with van der Waals surface area (Å²) in [4.78, 5) is 6.36. The van der Waals surface area contributed by atoms with Gasteiger partial charge >= 0.3 is 0 Å². The van der Waals surface area contributed by atoms with Gasteiger partial charge in [-0.3, -0.25) is 0 Å². The third-order valence-electron chi connectivity index (χ3n) is 2.17. The molecule has 0 atom stereocenters. The summed E-state index contributed by atoms with van der Waals surface area (Å²) < 4.78 is 0.917. The van der Waals surface area contributed by atoms with E-state index in [1.54, 1.807) is 6.20 Å². The number of aromatic nitrogens is 1. The Bertz CT molecular complexity index is 315. The van der Waals surface area contributed by atoms with E-state index in [0.29, 0.717) is 6.04 Å². The van der Waals surface area contributed by atoms with Gasteiger partial charge in [-0.05, 0) is 41.4 Å². The summed E-state index contributed by atoms with van der Waals surface area (Å²) in [5, 5.41) is 8.93. The molecule has 1 rings (SSSR count). The first kappa shape index (κ1) is 11.5. The standard InChI is InChI=1S/C10H15BrN2O/c1-7(2)13(3)10-9(11)4-8(6-14)5-12-10/h4-5,7,14H,6H2,1-3H3. The lowest BCUT2D eigenvalue weighted by Crippen LogP contribution is -2.26. The van der Waals surface area contributed by atoms with Gasteiger partial charge in [0.2, 0.25) is 0 Å². The van der Waals surface area contributed by atoms with Gasteiger partial charge in [0.25, 0.3) is 0 Å². The van der Waals surface area contributed by atoms with Gasteiger partial charge in [-0.1, -0.05) is 0 Å². The number of aliphatic hydroxyl groups is 1. The van der Waals surface area contributed by atoms with Gasteiger partial charge in [0.15, 0.2) is 0 Å². The van der Waals surface area contributed by atoms with Crippen LogP contribution in [0, 0.1) is 0 Å². The van der Waals surface area contributed by atoms with Gasteiger partial charge in [0.05, 0.1) is 11.1 Å². The van der Waals surface area contributed by atoms with Crippen LogP contribution in [0.2, 0.25) is 0 Å². The normalized spacial score (nSPS) is 10.7. The highest BCUT2D eigenvalue weighted by Gasteiger charge is 2.10. The second-order valence-corrected chi connectivity index (χ2v) is 4.37. The van der Waals surface area contributed by atoms with Crippen LogP contribution < -0.4 is 4.90 Å². The molecule has 1 heterocycles. The molecule has 0 bridgehead atoms. The van der Waals surface area contributed by atoms with Crippen LogP contribution in [0.4, 0.5) is 5.82 Å². The quantitative estimate of drug-likeness (QED) is 0.903. The molecule has 0 spiro atoms. The van der Waals surface area contributed by atoms with E-state index in [9.17, 15) is 0 Å². The molecule has 1 aromatic rings. The summed E-state index contributed by atoms with van der Waals surface area (Å²) in [7, 11) is 2.00. The number of pyridine rings is 1. The Morgan fingerprint density at radius 2 is 2.21 bits per heavy atom. The fraction of sp³-hybridized carbons (Fsp3) is 0.500. The van der Waals surface area contributed by atoms with Crippen molar-refractivity contribution in [1.82, 2.24) is 4.98 Å². The Morgan fingerprint density at radius 1 is 1.57 bits per heavy atom. The molecule has 0 aliphatic heterocycles. The maximum atomic E-state index is 8.93. The molecule has 0 unspecified atom stereocenters. The van der Waals surface area contributed by atoms with Gasteiger partial charge in [0, 0.05) is 19.3 Å². The third-order valence-corrected chi connectivity index (χ3v) is 2.75. The highest BCUT2D eigenvalue weighted by Crippen LogP contribution is 2.24. The van der Waals surface area contributed by atoms with Crippen molar-refractivity contribution in [3.8, 4) is 0 Å². The van der Waals surface area contributed by atoms with Gasteiger partial charge in [-0.15, -0.1) is 0 Å². The monoisotopic (exact) mass is 258 g/mol. The van der Waals surface area contributed by atoms with E-state index < -0.39 is 0 Å². The number of nitrogens with zero attached hydrogens (tertiary/aromatic N) is 2. The van der Waals surface area contributed by atoms with Crippen molar-refractivity contribution in [2.75, 3.05) is 11.9 Å². The lowest BCUT2D eigenvalue weighted by atomic mass is 10.3. The summed E-state index contributed by atoms with van der Waals surface area (Å²) in [6, 6.07) is 2.29. The fourth-order valence-electron chi connectivity index (χ4n) is 1.06. The van der Waals surface area contributed by atoms with Gasteiger partial charge < -0.3 is 10.0 Å². The molecule has 0 radical (unpaired) electrons. The molecule has 0 aliphatic rings. The summed E-state index contributed by atoms with van der Waals surface area (Å²) in [5.74, 6) is 0.900. The lowest BCUT2D eigenvalue weighted by molar-refractivity contribution is 0.281. The summed E-state index contributed by atoms with van der Waals surface area (Å²) in [6.45, 7) is 4.24. The maximum absolute atomic E-state index is 8.93. The lowest BCUT2D eigenvalue weighted by Gasteiger charge is -2.23. The topological polar surface area (TPSA) is 36.4 Å². The van der Waals surface area contributed by atoms with Crippen LogP contribution in [0.5, 0.6) is 0 Å². The molecule has 0 saturated carbocycles. The molecule has 0 aliphatic carbocycles. The Labute approximate surface area is 92.9 Å². The van der Waals surface area contributed by atoms with Crippen molar-refractivity contribution in [3.63, 3.8) is 0 Å². The van der Waals surface area contributed by atoms with Crippen molar-refractivity contribution in [3.05, 3.63) is 22.3 Å². The van der Waals surface area contributed by atoms with E-state index in [1.165, 1.54) is 0 Å². The first-order valence-electron chi connectivity index (χ1n) is 4.54. The largest absolute Gasteiger partial charge is 0.392 e. The van der Waals surface area contributed by atoms with Crippen LogP contribution in [-0.2, 0) is 6.61 Å². The van der Waals surface area contributed by atoms with Crippen molar-refractivity contribution >= 4 is 21.7 Å². The number of halogens is 1. The zero-order valence-corrected chi connectivity index (χ0v) is 10.2. The third kappa shape index (κ3) is 2.45. The number of hydrogen-bond donors (Lipinski definition) is 1. The van der Waals surface area contributed by atoms with Gasteiger partial charge in [-0.25, -0.2) is 4.98 Å². The highest BCUT2D eigenvalue weighted by atomic mass is 79.9. The molecule has 14 heavy (non-hydrogen) atoms. The molecular weight excluding hydrogens is 244 g/mol. The number of hydrogen-bond acceptors (Lipinski definition) is 3. The molecular formula is C10H15BrN2O. The molecule has 0 aromatic carbocycles.